The molecule has 0 amide bonds. The maximum Gasteiger partial charge on any atom is 0.293 e. The number of hydrogen-bond acceptors (Lipinski definition) is 7. The maximum absolute atomic E-state index is 11.8. The van der Waals surface area contributed by atoms with Crippen LogP contribution in [0.3, 0.4) is 0 Å². The van der Waals surface area contributed by atoms with Crippen LogP contribution >= 0.6 is 0 Å². The Morgan fingerprint density at radius 2 is 1.78 bits per heavy atom. The van der Waals surface area contributed by atoms with Gasteiger partial charge < -0.3 is 24.9 Å². The second-order valence-corrected chi connectivity index (χ2v) is 9.08. The number of aromatic nitrogens is 2. The van der Waals surface area contributed by atoms with Crippen molar-refractivity contribution in [2.24, 2.45) is 0 Å². The van der Waals surface area contributed by atoms with Crippen molar-refractivity contribution in [3.63, 3.8) is 0 Å². The highest BCUT2D eigenvalue weighted by Gasteiger charge is 2.17. The lowest BCUT2D eigenvalue weighted by molar-refractivity contribution is 0.0342. The summed E-state index contributed by atoms with van der Waals surface area (Å²) in [6, 6.07) is 16.5. The molecule has 0 saturated carbocycles. The van der Waals surface area contributed by atoms with Crippen LogP contribution in [0, 0.1) is 11.8 Å². The van der Waals surface area contributed by atoms with Crippen LogP contribution in [-0.2, 0) is 22.4 Å². The van der Waals surface area contributed by atoms with Gasteiger partial charge in [-0.25, -0.2) is 4.98 Å². The predicted octanol–water partition coefficient (Wildman–Crippen LogP) is 2.27. The van der Waals surface area contributed by atoms with Gasteiger partial charge in [-0.2, -0.15) is 0 Å². The molecule has 1 aromatic heterocycles. The van der Waals surface area contributed by atoms with E-state index in [1.165, 1.54) is 11.9 Å². The smallest absolute Gasteiger partial charge is 0.293 e. The Labute approximate surface area is 217 Å². The van der Waals surface area contributed by atoms with Crippen molar-refractivity contribution in [2.45, 2.75) is 18.9 Å². The fourth-order valence-corrected chi connectivity index (χ4v) is 4.26. The third-order valence-electron chi connectivity index (χ3n) is 6.41. The van der Waals surface area contributed by atoms with E-state index in [-0.39, 0.29) is 11.7 Å². The molecular formula is C29H34N4O4. The van der Waals surface area contributed by atoms with E-state index < -0.39 is 5.56 Å². The average Bonchev–Trinajstić information content (AvgIpc) is 2.93. The Bertz CT molecular complexity index is 1240. The van der Waals surface area contributed by atoms with Gasteiger partial charge in [-0.15, -0.1) is 0 Å². The lowest BCUT2D eigenvalue weighted by Gasteiger charge is -2.26. The van der Waals surface area contributed by atoms with Gasteiger partial charge in [0.05, 0.1) is 31.8 Å². The quantitative estimate of drug-likeness (QED) is 0.289. The topological polar surface area (TPSA) is 99.7 Å². The minimum Gasteiger partial charge on any atom is -0.502 e. The molecule has 1 aliphatic heterocycles. The highest BCUT2D eigenvalue weighted by atomic mass is 16.5. The van der Waals surface area contributed by atoms with E-state index in [0.29, 0.717) is 31.8 Å². The number of morpholine rings is 1. The van der Waals surface area contributed by atoms with Crippen molar-refractivity contribution in [2.75, 3.05) is 53.1 Å². The summed E-state index contributed by atoms with van der Waals surface area (Å²) in [5.74, 6) is 6.18. The molecule has 194 valence electrons. The number of H-pyrrole nitrogens is 1. The van der Waals surface area contributed by atoms with E-state index in [0.717, 1.165) is 49.5 Å². The molecule has 8 nitrogen and oxygen atoms in total. The number of aromatic hydroxyl groups is 1. The van der Waals surface area contributed by atoms with Gasteiger partial charge in [0.2, 0.25) is 5.75 Å². The van der Waals surface area contributed by atoms with Crippen LogP contribution in [0.25, 0.3) is 0 Å². The largest absolute Gasteiger partial charge is 0.502 e. The number of aromatic amines is 1. The van der Waals surface area contributed by atoms with Crippen molar-refractivity contribution in [3.8, 4) is 17.6 Å². The SMILES string of the molecule is COCCNCC(Cc1nc[nH]c(=O)c1O)c1ccc(C#Cc2ccc(CN3CCOCC3)cc2)cc1. The van der Waals surface area contributed by atoms with E-state index in [9.17, 15) is 9.90 Å². The molecule has 1 aliphatic rings. The summed E-state index contributed by atoms with van der Waals surface area (Å²) in [6.45, 7) is 6.45. The van der Waals surface area contributed by atoms with Crippen molar-refractivity contribution in [1.82, 2.24) is 20.2 Å². The average molecular weight is 503 g/mol. The first-order chi connectivity index (χ1) is 18.1. The molecule has 0 aliphatic carbocycles. The van der Waals surface area contributed by atoms with Gasteiger partial charge in [-0.05, 0) is 35.4 Å². The summed E-state index contributed by atoms with van der Waals surface area (Å²) in [7, 11) is 1.66. The molecule has 1 fully saturated rings. The first kappa shape index (κ1) is 26.6. The molecule has 37 heavy (non-hydrogen) atoms. The van der Waals surface area contributed by atoms with Crippen LogP contribution in [0.2, 0.25) is 0 Å². The molecule has 1 atom stereocenters. The second-order valence-electron chi connectivity index (χ2n) is 9.08. The maximum atomic E-state index is 11.8. The Balaban J connectivity index is 1.41. The zero-order valence-corrected chi connectivity index (χ0v) is 21.2. The molecule has 0 spiro atoms. The number of nitrogens with zero attached hydrogens (tertiary/aromatic N) is 2. The fraction of sp³-hybridized carbons (Fsp3) is 0.379. The van der Waals surface area contributed by atoms with Gasteiger partial charge in [-0.1, -0.05) is 36.1 Å². The molecule has 0 bridgehead atoms. The zero-order valence-electron chi connectivity index (χ0n) is 21.2. The van der Waals surface area contributed by atoms with Crippen LogP contribution in [0.4, 0.5) is 0 Å². The van der Waals surface area contributed by atoms with Gasteiger partial charge in [0.15, 0.2) is 0 Å². The third-order valence-corrected chi connectivity index (χ3v) is 6.41. The summed E-state index contributed by atoms with van der Waals surface area (Å²) < 4.78 is 10.5. The Kier molecular flexibility index (Phi) is 9.86. The Morgan fingerprint density at radius 3 is 2.46 bits per heavy atom. The van der Waals surface area contributed by atoms with Crippen LogP contribution in [0.5, 0.6) is 5.75 Å². The molecule has 1 unspecified atom stereocenters. The lowest BCUT2D eigenvalue weighted by Crippen LogP contribution is -2.35. The van der Waals surface area contributed by atoms with Crippen molar-refractivity contribution < 1.29 is 14.6 Å². The molecule has 2 heterocycles. The minimum atomic E-state index is -0.532. The molecule has 2 aromatic carbocycles. The van der Waals surface area contributed by atoms with Gasteiger partial charge in [0, 0.05) is 63.3 Å². The number of rotatable bonds is 10. The predicted molar refractivity (Wildman–Crippen MR) is 143 cm³/mol. The number of benzene rings is 2. The fourth-order valence-electron chi connectivity index (χ4n) is 4.26. The standard InChI is InChI=1S/C29H34N4O4/c1-36-15-12-30-19-26(18-27-28(34)29(35)32-21-31-27)25-10-8-23(9-11-25)3-2-22-4-6-24(7-5-22)20-33-13-16-37-17-14-33/h4-11,21,26,30,34H,12-20H2,1H3,(H,31,32,35). The van der Waals surface area contributed by atoms with Crippen LogP contribution in [-0.4, -0.2) is 73.1 Å². The van der Waals surface area contributed by atoms with Gasteiger partial charge in [0.1, 0.15) is 0 Å². The molecule has 4 rings (SSSR count). The highest BCUT2D eigenvalue weighted by Crippen LogP contribution is 2.23. The Hall–Kier alpha value is -3.48. The van der Waals surface area contributed by atoms with E-state index >= 15 is 0 Å². The molecular weight excluding hydrogens is 468 g/mol. The van der Waals surface area contributed by atoms with Gasteiger partial charge in [0.25, 0.3) is 5.56 Å². The van der Waals surface area contributed by atoms with E-state index in [1.807, 2.05) is 24.3 Å². The third kappa shape index (κ3) is 8.00. The number of hydrogen-bond donors (Lipinski definition) is 3. The van der Waals surface area contributed by atoms with Crippen molar-refractivity contribution >= 4 is 0 Å². The summed E-state index contributed by atoms with van der Waals surface area (Å²) >= 11 is 0. The second kappa shape index (κ2) is 13.7. The van der Waals surface area contributed by atoms with Gasteiger partial charge in [-0.3, -0.25) is 9.69 Å². The zero-order chi connectivity index (χ0) is 25.9. The van der Waals surface area contributed by atoms with Crippen LogP contribution in [0.1, 0.15) is 33.9 Å². The molecule has 8 heteroatoms. The number of ether oxygens (including phenoxy) is 2. The number of nitrogens with one attached hydrogen (secondary N) is 2. The summed E-state index contributed by atoms with van der Waals surface area (Å²) in [5, 5.41) is 13.5. The first-order valence-corrected chi connectivity index (χ1v) is 12.6. The summed E-state index contributed by atoms with van der Waals surface area (Å²) in [4.78, 5) is 20.8. The lowest BCUT2D eigenvalue weighted by atomic mass is 9.93. The molecule has 1 saturated heterocycles. The van der Waals surface area contributed by atoms with E-state index in [4.69, 9.17) is 9.47 Å². The summed E-state index contributed by atoms with van der Waals surface area (Å²) in [5.41, 5.74) is 4.10. The molecule has 0 radical (unpaired) electrons. The van der Waals surface area contributed by atoms with Crippen molar-refractivity contribution in [3.05, 3.63) is 93.2 Å². The highest BCUT2D eigenvalue weighted by molar-refractivity contribution is 5.44. The van der Waals surface area contributed by atoms with E-state index in [1.54, 1.807) is 7.11 Å². The van der Waals surface area contributed by atoms with Crippen LogP contribution in [0.15, 0.2) is 59.7 Å². The monoisotopic (exact) mass is 502 g/mol. The van der Waals surface area contributed by atoms with E-state index in [2.05, 4.69) is 56.3 Å². The normalized spacial score (nSPS) is 14.6. The Morgan fingerprint density at radius 1 is 1.11 bits per heavy atom. The summed E-state index contributed by atoms with van der Waals surface area (Å²) in [6.07, 6.45) is 1.75. The van der Waals surface area contributed by atoms with Crippen molar-refractivity contribution in [1.29, 1.82) is 0 Å². The van der Waals surface area contributed by atoms with Crippen LogP contribution < -0.4 is 10.9 Å². The number of methoxy groups -OCH3 is 1. The first-order valence-electron chi connectivity index (χ1n) is 12.6. The molecule has 3 N–H and O–H groups in total. The minimum absolute atomic E-state index is 0.0121. The van der Waals surface area contributed by atoms with Gasteiger partial charge >= 0.3 is 0 Å². The molecule has 3 aromatic rings.